The molecule has 0 radical (unpaired) electrons. The van der Waals surface area contributed by atoms with Crippen molar-refractivity contribution in [2.24, 2.45) is 0 Å². The number of esters is 1. The van der Waals surface area contributed by atoms with Crippen LogP contribution in [0, 0.1) is 11.3 Å². The number of hydrogen-bond donors (Lipinski definition) is 1. The average Bonchev–Trinajstić information content (AvgIpc) is 1.90. The number of methoxy groups -OCH3 is 1. The zero-order chi connectivity index (χ0) is 7.28. The molecule has 0 saturated heterocycles. The summed E-state index contributed by atoms with van der Waals surface area (Å²) < 4.78 is 4.10. The van der Waals surface area contributed by atoms with Crippen molar-refractivity contribution in [3.63, 3.8) is 0 Å². The van der Waals surface area contributed by atoms with Gasteiger partial charge in [0.05, 0.1) is 7.11 Å². The summed E-state index contributed by atoms with van der Waals surface area (Å²) in [6, 6.07) is 1.44. The molecule has 0 aliphatic rings. The average molecular weight is 151 g/mol. The van der Waals surface area contributed by atoms with Gasteiger partial charge in [0.25, 0.3) is 0 Å². The minimum Gasteiger partial charge on any atom is -1.00 e. The second-order valence-corrected chi connectivity index (χ2v) is 1.15. The molecule has 0 atom stereocenters. The molecular weight excluding hydrogens is 145 g/mol. The molecule has 0 aromatic heterocycles. The topological polar surface area (TPSA) is 70.3 Å². The number of aliphatic hydroxyl groups excluding tert-OH is 1. The van der Waals surface area contributed by atoms with Crippen LogP contribution in [0.2, 0.25) is 0 Å². The Labute approximate surface area is 81.9 Å². The minimum atomic E-state index is -0.833. The van der Waals surface area contributed by atoms with Gasteiger partial charge < -0.3 is 11.3 Å². The Morgan fingerprint density at radius 1 is 1.90 bits per heavy atom. The van der Waals surface area contributed by atoms with Crippen molar-refractivity contribution in [1.82, 2.24) is 0 Å². The molecule has 0 bridgehead atoms. The Morgan fingerprint density at radius 3 is 2.50 bits per heavy atom. The number of rotatable bonds is 1. The number of nitriles is 1. The maximum absolute atomic E-state index is 10.3. The van der Waals surface area contributed by atoms with Crippen LogP contribution in [0.3, 0.4) is 0 Å². The molecule has 0 aromatic carbocycles. The number of ether oxygens (including phenoxy) is 1. The van der Waals surface area contributed by atoms with Crippen molar-refractivity contribution in [2.45, 2.75) is 0 Å². The van der Waals surface area contributed by atoms with E-state index in [9.17, 15) is 4.79 Å². The molecule has 0 saturated carbocycles. The van der Waals surface area contributed by atoms with Crippen LogP contribution in [0.1, 0.15) is 1.43 Å². The van der Waals surface area contributed by atoms with Gasteiger partial charge in [-0.1, -0.05) is 0 Å². The summed E-state index contributed by atoms with van der Waals surface area (Å²) in [5.74, 6) is -0.833. The molecule has 0 unspecified atom stereocenters. The third-order valence-corrected chi connectivity index (χ3v) is 0.655. The second-order valence-electron chi connectivity index (χ2n) is 1.15. The molecule has 0 aliphatic carbocycles. The van der Waals surface area contributed by atoms with E-state index in [2.05, 4.69) is 4.74 Å². The zero-order valence-electron chi connectivity index (χ0n) is 6.79. The number of carbonyl (C=O) groups is 1. The minimum absolute atomic E-state index is 0. The summed E-state index contributed by atoms with van der Waals surface area (Å²) in [7, 11) is 1.13. The van der Waals surface area contributed by atoms with E-state index in [0.29, 0.717) is 6.26 Å². The zero-order valence-corrected chi connectivity index (χ0v) is 7.79. The first-order chi connectivity index (χ1) is 4.26. The van der Waals surface area contributed by atoms with Gasteiger partial charge in [0, 0.05) is 0 Å². The third-order valence-electron chi connectivity index (χ3n) is 0.655. The molecule has 0 amide bonds. The number of nitrogens with zero attached hydrogens (tertiary/aromatic N) is 1. The molecule has 0 heterocycles. The van der Waals surface area contributed by atoms with E-state index in [4.69, 9.17) is 10.4 Å². The van der Waals surface area contributed by atoms with Gasteiger partial charge in [-0.2, -0.15) is 5.26 Å². The van der Waals surface area contributed by atoms with E-state index in [-0.39, 0.29) is 31.0 Å². The van der Waals surface area contributed by atoms with Gasteiger partial charge in [0.2, 0.25) is 0 Å². The Morgan fingerprint density at radius 2 is 2.40 bits per heavy atom. The monoisotopic (exact) mass is 151 g/mol. The SMILES string of the molecule is COC(=O)C(C#N)=CO.[H-].[Na+]. The Kier molecular flexibility index (Phi) is 8.07. The van der Waals surface area contributed by atoms with E-state index in [0.717, 1.165) is 7.11 Å². The van der Waals surface area contributed by atoms with E-state index < -0.39 is 11.5 Å². The Balaban J connectivity index is -0.000000320. The quantitative estimate of drug-likeness (QED) is 0.145. The van der Waals surface area contributed by atoms with Crippen molar-refractivity contribution < 1.29 is 45.6 Å². The summed E-state index contributed by atoms with van der Waals surface area (Å²) in [6.07, 6.45) is 0.409. The standard InChI is InChI=1S/C5H5NO3.Na.H/c1-9-5(8)4(2-6)3-7;;/h3,7H,1H3;;/q;+1;-1. The van der Waals surface area contributed by atoms with E-state index >= 15 is 0 Å². The molecular formula is C5H6NNaO3. The Bertz CT molecular complexity index is 187. The third kappa shape index (κ3) is 3.51. The van der Waals surface area contributed by atoms with Crippen molar-refractivity contribution >= 4 is 5.97 Å². The summed E-state index contributed by atoms with van der Waals surface area (Å²) in [4.78, 5) is 10.3. The molecule has 1 N–H and O–H groups in total. The molecule has 10 heavy (non-hydrogen) atoms. The number of carbonyl (C=O) groups excluding carboxylic acids is 1. The van der Waals surface area contributed by atoms with Gasteiger partial charge >= 0.3 is 35.5 Å². The van der Waals surface area contributed by atoms with Crippen LogP contribution < -0.4 is 29.6 Å². The summed E-state index contributed by atoms with van der Waals surface area (Å²) >= 11 is 0. The van der Waals surface area contributed by atoms with Gasteiger partial charge in [0.1, 0.15) is 12.3 Å². The first-order valence-electron chi connectivity index (χ1n) is 2.09. The fourth-order valence-corrected chi connectivity index (χ4v) is 0.237. The van der Waals surface area contributed by atoms with Crippen LogP contribution in [0.4, 0.5) is 0 Å². The number of aliphatic hydroxyl groups is 1. The van der Waals surface area contributed by atoms with Gasteiger partial charge in [-0.25, -0.2) is 4.79 Å². The fraction of sp³-hybridized carbons (Fsp3) is 0.200. The van der Waals surface area contributed by atoms with Crippen LogP contribution in [0.5, 0.6) is 0 Å². The van der Waals surface area contributed by atoms with Crippen molar-refractivity contribution in [3.8, 4) is 6.07 Å². The predicted molar refractivity (Wildman–Crippen MR) is 29.5 cm³/mol. The first kappa shape index (κ1) is 12.2. The van der Waals surface area contributed by atoms with Crippen LogP contribution in [0.15, 0.2) is 11.8 Å². The van der Waals surface area contributed by atoms with Crippen molar-refractivity contribution in [1.29, 1.82) is 5.26 Å². The van der Waals surface area contributed by atoms with E-state index in [1.165, 1.54) is 6.07 Å². The molecule has 0 rings (SSSR count). The summed E-state index contributed by atoms with van der Waals surface area (Å²) in [5, 5.41) is 16.2. The first-order valence-corrected chi connectivity index (χ1v) is 2.09. The second kappa shape index (κ2) is 6.62. The van der Waals surface area contributed by atoms with Gasteiger partial charge in [-0.3, -0.25) is 0 Å². The molecule has 0 aliphatic heterocycles. The van der Waals surface area contributed by atoms with Crippen LogP contribution >= 0.6 is 0 Å². The van der Waals surface area contributed by atoms with E-state index in [1.807, 2.05) is 0 Å². The van der Waals surface area contributed by atoms with Crippen LogP contribution in [0.25, 0.3) is 0 Å². The van der Waals surface area contributed by atoms with E-state index in [1.54, 1.807) is 0 Å². The van der Waals surface area contributed by atoms with Crippen LogP contribution in [-0.2, 0) is 9.53 Å². The van der Waals surface area contributed by atoms with Crippen LogP contribution in [-0.4, -0.2) is 18.2 Å². The normalized spacial score (nSPS) is 9.00. The number of hydrogen-bond acceptors (Lipinski definition) is 4. The summed E-state index contributed by atoms with van der Waals surface area (Å²) in [5.41, 5.74) is -0.405. The molecule has 0 aromatic rings. The Hall–Kier alpha value is -0.500. The maximum atomic E-state index is 10.3. The largest absolute Gasteiger partial charge is 1.00 e. The smallest absolute Gasteiger partial charge is 1.00 e. The van der Waals surface area contributed by atoms with Gasteiger partial charge in [-0.15, -0.1) is 0 Å². The molecule has 0 fully saturated rings. The van der Waals surface area contributed by atoms with Gasteiger partial charge in [0.15, 0.2) is 5.57 Å². The van der Waals surface area contributed by atoms with Crippen molar-refractivity contribution in [3.05, 3.63) is 11.8 Å². The summed E-state index contributed by atoms with van der Waals surface area (Å²) in [6.45, 7) is 0. The molecule has 0 spiro atoms. The maximum Gasteiger partial charge on any atom is 1.00 e. The molecule has 50 valence electrons. The molecule has 5 heteroatoms. The fourth-order valence-electron chi connectivity index (χ4n) is 0.237. The van der Waals surface area contributed by atoms with Gasteiger partial charge in [-0.05, 0) is 0 Å². The predicted octanol–water partition coefficient (Wildman–Crippen LogP) is -2.76. The van der Waals surface area contributed by atoms with Crippen molar-refractivity contribution in [2.75, 3.05) is 7.11 Å². The molecule has 4 nitrogen and oxygen atoms in total.